The molecule has 15 heavy (non-hydrogen) atoms. The van der Waals surface area contributed by atoms with Gasteiger partial charge in [-0.15, -0.1) is 0 Å². The fourth-order valence-electron chi connectivity index (χ4n) is 2.45. The van der Waals surface area contributed by atoms with Crippen molar-refractivity contribution in [1.29, 1.82) is 0 Å². The third-order valence-electron chi connectivity index (χ3n) is 3.59. The van der Waals surface area contributed by atoms with Crippen molar-refractivity contribution in [2.75, 3.05) is 13.1 Å². The Balaban J connectivity index is 2.44. The summed E-state index contributed by atoms with van der Waals surface area (Å²) in [5.74, 6) is 1.02. The van der Waals surface area contributed by atoms with Gasteiger partial charge in [0, 0.05) is 18.4 Å². The number of carbonyl (C=O) groups is 1. The van der Waals surface area contributed by atoms with E-state index in [2.05, 4.69) is 26.1 Å². The van der Waals surface area contributed by atoms with Gasteiger partial charge < -0.3 is 5.32 Å². The highest BCUT2D eigenvalue weighted by Gasteiger charge is 2.34. The molecule has 0 aromatic carbocycles. The van der Waals surface area contributed by atoms with Gasteiger partial charge in [-0.2, -0.15) is 0 Å². The highest BCUT2D eigenvalue weighted by Crippen LogP contribution is 2.29. The quantitative estimate of drug-likeness (QED) is 0.757. The molecule has 2 atom stereocenters. The van der Waals surface area contributed by atoms with Crippen LogP contribution in [-0.4, -0.2) is 18.9 Å². The molecule has 1 aliphatic rings. The van der Waals surface area contributed by atoms with Crippen LogP contribution in [0.2, 0.25) is 0 Å². The summed E-state index contributed by atoms with van der Waals surface area (Å²) in [6, 6.07) is 0. The number of ketones is 1. The predicted octanol–water partition coefficient (Wildman–Crippen LogP) is 2.77. The summed E-state index contributed by atoms with van der Waals surface area (Å²) in [5.41, 5.74) is -0.0831. The second-order valence-corrected chi connectivity index (χ2v) is 5.36. The van der Waals surface area contributed by atoms with Crippen LogP contribution in [0.4, 0.5) is 0 Å². The largest absolute Gasteiger partial charge is 0.316 e. The summed E-state index contributed by atoms with van der Waals surface area (Å²) in [6.45, 7) is 8.46. The summed E-state index contributed by atoms with van der Waals surface area (Å²) >= 11 is 0. The first-order valence-electron chi connectivity index (χ1n) is 6.32. The first-order chi connectivity index (χ1) is 7.08. The maximum atomic E-state index is 12.2. The molecule has 1 N–H and O–H groups in total. The Labute approximate surface area is 93.8 Å². The Kier molecular flexibility index (Phi) is 4.78. The van der Waals surface area contributed by atoms with Crippen molar-refractivity contribution >= 4 is 5.78 Å². The molecule has 2 unspecified atom stereocenters. The Morgan fingerprint density at radius 3 is 2.80 bits per heavy atom. The van der Waals surface area contributed by atoms with Gasteiger partial charge in [0.1, 0.15) is 5.78 Å². The summed E-state index contributed by atoms with van der Waals surface area (Å²) < 4.78 is 0. The molecule has 2 nitrogen and oxygen atoms in total. The molecule has 0 aromatic rings. The molecule has 0 aliphatic carbocycles. The van der Waals surface area contributed by atoms with Crippen LogP contribution < -0.4 is 5.32 Å². The molecule has 1 aliphatic heterocycles. The van der Waals surface area contributed by atoms with E-state index >= 15 is 0 Å². The second kappa shape index (κ2) is 5.64. The molecule has 0 radical (unpaired) electrons. The van der Waals surface area contributed by atoms with E-state index in [1.165, 1.54) is 12.8 Å². The molecule has 1 fully saturated rings. The minimum absolute atomic E-state index is 0.0831. The van der Waals surface area contributed by atoms with E-state index in [0.717, 1.165) is 32.4 Å². The molecule has 0 amide bonds. The number of piperidine rings is 1. The number of hydrogen-bond acceptors (Lipinski definition) is 2. The minimum atomic E-state index is -0.0831. The summed E-state index contributed by atoms with van der Waals surface area (Å²) in [7, 11) is 0. The van der Waals surface area contributed by atoms with Crippen molar-refractivity contribution < 1.29 is 4.79 Å². The van der Waals surface area contributed by atoms with Crippen molar-refractivity contribution in [3.05, 3.63) is 0 Å². The maximum Gasteiger partial charge on any atom is 0.140 e. The molecule has 1 rings (SSSR count). The third-order valence-corrected chi connectivity index (χ3v) is 3.59. The molecule has 0 spiro atoms. The molecule has 1 saturated heterocycles. The molecule has 0 saturated carbocycles. The van der Waals surface area contributed by atoms with Crippen LogP contribution in [0.5, 0.6) is 0 Å². The zero-order valence-electron chi connectivity index (χ0n) is 10.4. The number of hydrogen-bond donors (Lipinski definition) is 1. The van der Waals surface area contributed by atoms with Crippen molar-refractivity contribution in [3.8, 4) is 0 Å². The van der Waals surface area contributed by atoms with E-state index in [0.29, 0.717) is 11.7 Å². The molecule has 2 heteroatoms. The van der Waals surface area contributed by atoms with Crippen molar-refractivity contribution in [2.45, 2.75) is 52.9 Å². The Hall–Kier alpha value is -0.370. The molecule has 1 heterocycles. The van der Waals surface area contributed by atoms with Gasteiger partial charge in [0.05, 0.1) is 0 Å². The van der Waals surface area contributed by atoms with Gasteiger partial charge in [-0.1, -0.05) is 33.6 Å². The van der Waals surface area contributed by atoms with Crippen molar-refractivity contribution in [2.24, 2.45) is 11.3 Å². The third kappa shape index (κ3) is 3.60. The van der Waals surface area contributed by atoms with Gasteiger partial charge >= 0.3 is 0 Å². The monoisotopic (exact) mass is 211 g/mol. The van der Waals surface area contributed by atoms with E-state index in [1.807, 2.05) is 0 Å². The SMILES string of the molecule is CCCC(C)CC(=O)C1(C)CCCNC1. The highest BCUT2D eigenvalue weighted by atomic mass is 16.1. The predicted molar refractivity (Wildman–Crippen MR) is 63.9 cm³/mol. The van der Waals surface area contributed by atoms with Crippen LogP contribution in [-0.2, 0) is 4.79 Å². The molecular formula is C13H25NO. The maximum absolute atomic E-state index is 12.2. The average molecular weight is 211 g/mol. The first kappa shape index (κ1) is 12.7. The normalized spacial score (nSPS) is 28.7. The van der Waals surface area contributed by atoms with Gasteiger partial charge in [-0.25, -0.2) is 0 Å². The zero-order valence-corrected chi connectivity index (χ0v) is 10.4. The zero-order chi connectivity index (χ0) is 11.3. The number of carbonyl (C=O) groups excluding carboxylic acids is 1. The molecule has 0 aromatic heterocycles. The van der Waals surface area contributed by atoms with Crippen molar-refractivity contribution in [3.63, 3.8) is 0 Å². The van der Waals surface area contributed by atoms with Crippen molar-refractivity contribution in [1.82, 2.24) is 5.32 Å². The van der Waals surface area contributed by atoms with Gasteiger partial charge in [0.25, 0.3) is 0 Å². The summed E-state index contributed by atoms with van der Waals surface area (Å²) in [5, 5.41) is 3.34. The lowest BCUT2D eigenvalue weighted by Crippen LogP contribution is -2.43. The lowest BCUT2D eigenvalue weighted by Gasteiger charge is -2.33. The van der Waals surface area contributed by atoms with Crippen LogP contribution in [0, 0.1) is 11.3 Å². The fraction of sp³-hybridized carbons (Fsp3) is 0.923. The van der Waals surface area contributed by atoms with Crippen LogP contribution in [0.1, 0.15) is 52.9 Å². The molecule has 88 valence electrons. The van der Waals surface area contributed by atoms with Gasteiger partial charge in [-0.3, -0.25) is 4.79 Å². The molecular weight excluding hydrogens is 186 g/mol. The summed E-state index contributed by atoms with van der Waals surface area (Å²) in [6.07, 6.45) is 5.34. The molecule has 0 bridgehead atoms. The van der Waals surface area contributed by atoms with E-state index in [1.54, 1.807) is 0 Å². The number of rotatable bonds is 5. The van der Waals surface area contributed by atoms with E-state index in [4.69, 9.17) is 0 Å². The first-order valence-corrected chi connectivity index (χ1v) is 6.32. The van der Waals surface area contributed by atoms with Crippen LogP contribution in [0.15, 0.2) is 0 Å². The van der Waals surface area contributed by atoms with Crippen LogP contribution in [0.25, 0.3) is 0 Å². The second-order valence-electron chi connectivity index (χ2n) is 5.36. The minimum Gasteiger partial charge on any atom is -0.316 e. The fourth-order valence-corrected chi connectivity index (χ4v) is 2.45. The topological polar surface area (TPSA) is 29.1 Å². The average Bonchev–Trinajstić information content (AvgIpc) is 2.19. The van der Waals surface area contributed by atoms with Gasteiger partial charge in [0.2, 0.25) is 0 Å². The Bertz CT molecular complexity index is 207. The van der Waals surface area contributed by atoms with E-state index < -0.39 is 0 Å². The Morgan fingerprint density at radius 2 is 2.27 bits per heavy atom. The Morgan fingerprint density at radius 1 is 1.53 bits per heavy atom. The van der Waals surface area contributed by atoms with Gasteiger partial charge in [-0.05, 0) is 25.3 Å². The standard InChI is InChI=1S/C13H25NO/c1-4-6-11(2)9-12(15)13(3)7-5-8-14-10-13/h11,14H,4-10H2,1-3H3. The lowest BCUT2D eigenvalue weighted by molar-refractivity contribution is -0.129. The van der Waals surface area contributed by atoms with Crippen LogP contribution >= 0.6 is 0 Å². The number of Topliss-reactive ketones (excluding diaryl/α,β-unsaturated/α-hetero) is 1. The summed E-state index contributed by atoms with van der Waals surface area (Å²) in [4.78, 5) is 12.2. The van der Waals surface area contributed by atoms with E-state index in [9.17, 15) is 4.79 Å². The highest BCUT2D eigenvalue weighted by molar-refractivity contribution is 5.85. The van der Waals surface area contributed by atoms with Crippen LogP contribution in [0.3, 0.4) is 0 Å². The smallest absolute Gasteiger partial charge is 0.140 e. The van der Waals surface area contributed by atoms with Gasteiger partial charge in [0.15, 0.2) is 0 Å². The lowest BCUT2D eigenvalue weighted by atomic mass is 9.76. The number of nitrogens with one attached hydrogen (secondary N) is 1. The van der Waals surface area contributed by atoms with E-state index in [-0.39, 0.29) is 5.41 Å².